The molecule has 0 spiro atoms. The molecular formula is C69H70O36. The first-order valence-electron chi connectivity index (χ1n) is 31.7. The number of aromatic hydroxyl groups is 4. The molecule has 20 atom stereocenters. The number of aliphatic hydroxyl groups excluding tert-OH is 12. The summed E-state index contributed by atoms with van der Waals surface area (Å²) in [7, 11) is 0. The highest BCUT2D eigenvalue weighted by Gasteiger charge is 2.50. The number of phenols is 4. The standard InChI is InChI=1S/C69H70O36/c70-33-10-1-29(2-11-33)7-16-48(76)93-25-43-53(81)57(85)61(89)66(102-43)97-36-14-5-31(6-15-36)9-18-50(78)95-27-45-55(83)59(87)63(91)68(104-45)100-41-20-32(19-40(52(41)80)99-67-62(90)58(86)54(82)44(103-67)26-94-49(77)17-8-30-3-12-34(71)13-4-30)65-42(23-37-38(73)21-35(72)22-39(37)98-65)101-69-64(92)60(88)56(84)46(105-69)28-96-51(79)24-47(74)75/h1-23,43-46,53-64,66-71,73,80-92H,24-28H2,(H,74,75)/b16-7?,17-8?,18-9+/t43-,44-,45-,46-,53-,54-,55-,56-,57+,58+,59+,60+,61-,62-,63-,64-,66-,67-,68-,69-/m1/s1. The van der Waals surface area contributed by atoms with Crippen LogP contribution in [-0.2, 0) is 61.9 Å². The van der Waals surface area contributed by atoms with Crippen molar-refractivity contribution < 1.29 is 172 Å². The lowest BCUT2D eigenvalue weighted by molar-refractivity contribution is -0.279. The topological polar surface area (TPSA) is 570 Å². The van der Waals surface area contributed by atoms with Crippen molar-refractivity contribution >= 4 is 48.1 Å². The van der Waals surface area contributed by atoms with Gasteiger partial charge in [-0.05, 0) is 89.5 Å². The lowest BCUT2D eigenvalue weighted by Gasteiger charge is -2.40. The van der Waals surface area contributed by atoms with Gasteiger partial charge in [0.15, 0.2) is 28.4 Å². The summed E-state index contributed by atoms with van der Waals surface area (Å²) < 4.78 is 73.4. The van der Waals surface area contributed by atoms with Crippen LogP contribution in [0.15, 0.2) is 131 Å². The summed E-state index contributed by atoms with van der Waals surface area (Å²) in [6, 6.07) is 21.5. The van der Waals surface area contributed by atoms with E-state index < -0.39 is 237 Å². The minimum atomic E-state index is -2.26. The number of aliphatic hydroxyl groups is 12. The number of phenolic OH excluding ortho intramolecular Hbond substituents is 4. The van der Waals surface area contributed by atoms with E-state index in [-0.39, 0.29) is 22.8 Å². The molecule has 4 aromatic rings. The summed E-state index contributed by atoms with van der Waals surface area (Å²) in [6.07, 6.45) is -33.5. The van der Waals surface area contributed by atoms with Gasteiger partial charge < -0.3 is 148 Å². The Morgan fingerprint density at radius 3 is 1.13 bits per heavy atom. The minimum absolute atomic E-state index is 0.0117. The number of carbonyl (C=O) groups excluding carboxylic acids is 4. The maximum absolute atomic E-state index is 13.2. The molecular weight excluding hydrogens is 1400 g/mol. The normalized spacial score (nSPS) is 29.1. The van der Waals surface area contributed by atoms with Crippen molar-refractivity contribution in [3.63, 3.8) is 0 Å². The van der Waals surface area contributed by atoms with E-state index in [1.54, 1.807) is 0 Å². The predicted molar refractivity (Wildman–Crippen MR) is 345 cm³/mol. The SMILES string of the molecule is O=C(O)CC(=O)OC[C@H]1O[C@@H](Oc2cc3c(O)cc(=O)cc-3oc2-c2cc(O[C@@H]3O[C@H](COC(=O)C=Cc4ccc(O)cc4)[C@@H](O)[C@H](O)[C@H]3O)c(O)c(O[C@@H]3O[C@H](COC(=O)/C=C/c4ccc(O[C@@H]5O[C@H](COC(=O)C=Cc6ccc(O)cc6)[C@@H](O)[C@H](O)[C@H]5O)cc4)[C@@H](O)[C@H](O)[C@H]3O)c2)[C@H](O)[C@@H](O)[C@@H]1O. The average Bonchev–Trinajstić information content (AvgIpc) is 0.760. The van der Waals surface area contributed by atoms with Crippen LogP contribution in [0.25, 0.3) is 40.9 Å². The van der Waals surface area contributed by atoms with Crippen molar-refractivity contribution in [2.75, 3.05) is 26.4 Å². The average molecular weight is 1480 g/mol. The molecule has 4 fully saturated rings. The highest BCUT2D eigenvalue weighted by atomic mass is 16.7. The zero-order chi connectivity index (χ0) is 75.7. The van der Waals surface area contributed by atoms with Gasteiger partial charge in [0.1, 0.15) is 159 Å². The molecule has 4 saturated heterocycles. The van der Waals surface area contributed by atoms with Gasteiger partial charge in [-0.1, -0.05) is 36.4 Å². The molecule has 0 unspecified atom stereocenters. The Labute approximate surface area is 590 Å². The maximum Gasteiger partial charge on any atom is 0.330 e. The molecule has 0 radical (unpaired) electrons. The number of hydrogen-bond acceptors (Lipinski definition) is 35. The first kappa shape index (κ1) is 77.3. The molecule has 10 rings (SSSR count). The molecule has 0 amide bonds. The first-order chi connectivity index (χ1) is 50.0. The fourth-order valence-electron chi connectivity index (χ4n) is 10.8. The zero-order valence-corrected chi connectivity index (χ0v) is 54.2. The molecule has 36 heteroatoms. The maximum atomic E-state index is 13.2. The minimum Gasteiger partial charge on any atom is -0.508 e. The quantitative estimate of drug-likeness (QED) is 0.0125. The summed E-state index contributed by atoms with van der Waals surface area (Å²) >= 11 is 0. The molecule has 6 aliphatic rings. The third-order valence-corrected chi connectivity index (χ3v) is 16.5. The second-order valence-electron chi connectivity index (χ2n) is 24.0. The van der Waals surface area contributed by atoms with Gasteiger partial charge in [-0.3, -0.25) is 14.4 Å². The predicted octanol–water partition coefficient (Wildman–Crippen LogP) is -2.23. The highest BCUT2D eigenvalue weighted by Crippen LogP contribution is 2.48. The van der Waals surface area contributed by atoms with Gasteiger partial charge in [0.25, 0.3) is 0 Å². The molecule has 0 bridgehead atoms. The first-order valence-corrected chi connectivity index (χ1v) is 31.7. The molecule has 1 aliphatic carbocycles. The number of benzene rings is 5. The molecule has 105 heavy (non-hydrogen) atoms. The van der Waals surface area contributed by atoms with Crippen molar-refractivity contribution in [1.29, 1.82) is 0 Å². The fourth-order valence-corrected chi connectivity index (χ4v) is 10.8. The Hall–Kier alpha value is -10.4. The molecule has 562 valence electrons. The van der Waals surface area contributed by atoms with Gasteiger partial charge in [0.2, 0.25) is 30.9 Å². The van der Waals surface area contributed by atoms with Crippen molar-refractivity contribution in [3.8, 4) is 68.6 Å². The van der Waals surface area contributed by atoms with Crippen LogP contribution in [0.3, 0.4) is 0 Å². The lowest BCUT2D eigenvalue weighted by Crippen LogP contribution is -2.60. The van der Waals surface area contributed by atoms with E-state index in [2.05, 4.69) is 0 Å². The number of carbonyl (C=O) groups is 5. The number of aliphatic carboxylic acids is 1. The summed E-state index contributed by atoms with van der Waals surface area (Å²) in [6.45, 7) is -3.22. The number of esters is 4. The number of rotatable bonds is 25. The molecule has 5 heterocycles. The summed E-state index contributed by atoms with van der Waals surface area (Å²) in [5.74, 6) is -11.1. The van der Waals surface area contributed by atoms with Crippen molar-refractivity contribution in [2.24, 2.45) is 0 Å². The molecule has 0 aromatic heterocycles. The Balaban J connectivity index is 0.878. The van der Waals surface area contributed by atoms with E-state index in [1.807, 2.05) is 0 Å². The third kappa shape index (κ3) is 19.2. The van der Waals surface area contributed by atoms with Crippen LogP contribution in [0.5, 0.6) is 46.0 Å². The molecule has 17 N–H and O–H groups in total. The van der Waals surface area contributed by atoms with Gasteiger partial charge >= 0.3 is 29.8 Å². The van der Waals surface area contributed by atoms with E-state index in [0.717, 1.165) is 48.6 Å². The number of carboxylic acid groups (broad SMARTS) is 1. The van der Waals surface area contributed by atoms with Crippen LogP contribution in [0.2, 0.25) is 0 Å². The van der Waals surface area contributed by atoms with Gasteiger partial charge in [-0.2, -0.15) is 0 Å². The number of hydrogen-bond donors (Lipinski definition) is 17. The molecule has 5 aliphatic heterocycles. The van der Waals surface area contributed by atoms with E-state index in [9.17, 15) is 110 Å². The van der Waals surface area contributed by atoms with Crippen LogP contribution in [0.1, 0.15) is 23.1 Å². The summed E-state index contributed by atoms with van der Waals surface area (Å²) in [5.41, 5.74) is -0.240. The Kier molecular flexibility index (Phi) is 25.0. The van der Waals surface area contributed by atoms with E-state index in [4.69, 9.17) is 66.4 Å². The van der Waals surface area contributed by atoms with Crippen LogP contribution in [0, 0.1) is 0 Å². The van der Waals surface area contributed by atoms with Gasteiger partial charge in [-0.15, -0.1) is 0 Å². The number of fused-ring (bicyclic) bond motifs is 1. The second-order valence-corrected chi connectivity index (χ2v) is 24.0. The second kappa shape index (κ2) is 34.0. The molecule has 0 saturated carbocycles. The Bertz CT molecular complexity index is 4140. The van der Waals surface area contributed by atoms with Crippen molar-refractivity contribution in [1.82, 2.24) is 0 Å². The largest absolute Gasteiger partial charge is 0.508 e. The Morgan fingerprint density at radius 2 is 0.752 bits per heavy atom. The fraction of sp³-hybridized carbons (Fsp3) is 0.362. The van der Waals surface area contributed by atoms with Gasteiger partial charge in [0.05, 0.1) is 5.56 Å². The van der Waals surface area contributed by atoms with Gasteiger partial charge in [-0.25, -0.2) is 14.4 Å². The lowest BCUT2D eigenvalue weighted by atomic mass is 9.99. The number of ether oxygens (including phenoxy) is 12. The third-order valence-electron chi connectivity index (χ3n) is 16.5. The monoisotopic (exact) mass is 1470 g/mol. The van der Waals surface area contributed by atoms with Crippen molar-refractivity contribution in [2.45, 2.75) is 129 Å². The van der Waals surface area contributed by atoms with E-state index >= 15 is 0 Å². The van der Waals surface area contributed by atoms with E-state index in [0.29, 0.717) is 16.7 Å². The summed E-state index contributed by atoms with van der Waals surface area (Å²) in [5, 5.41) is 183. The smallest absolute Gasteiger partial charge is 0.330 e. The van der Waals surface area contributed by atoms with Crippen LogP contribution >= 0.6 is 0 Å². The van der Waals surface area contributed by atoms with E-state index in [1.165, 1.54) is 91.0 Å². The summed E-state index contributed by atoms with van der Waals surface area (Å²) in [4.78, 5) is 74.6. The highest BCUT2D eigenvalue weighted by molar-refractivity contribution is 5.90. The van der Waals surface area contributed by atoms with Crippen LogP contribution < -0.4 is 24.4 Å². The molecule has 4 aromatic carbocycles. The number of carboxylic acids is 1. The molecule has 36 nitrogen and oxygen atoms in total. The Morgan fingerprint density at radius 1 is 0.400 bits per heavy atom. The van der Waals surface area contributed by atoms with Crippen LogP contribution in [-0.4, -0.2) is 266 Å². The zero-order valence-electron chi connectivity index (χ0n) is 54.2. The van der Waals surface area contributed by atoms with Gasteiger partial charge in [0, 0.05) is 35.9 Å². The van der Waals surface area contributed by atoms with Crippen LogP contribution in [0.4, 0.5) is 0 Å². The van der Waals surface area contributed by atoms with Crippen molar-refractivity contribution in [3.05, 3.63) is 148 Å².